The Labute approximate surface area is 152 Å². The van der Waals surface area contributed by atoms with E-state index < -0.39 is 0 Å². The van der Waals surface area contributed by atoms with Crippen molar-refractivity contribution in [3.63, 3.8) is 0 Å². The minimum Gasteiger partial charge on any atom is -0.300 e. The molecule has 0 unspecified atom stereocenters. The molecule has 0 radical (unpaired) electrons. The Balaban J connectivity index is -0.000000337. The molecule has 0 aromatic heterocycles. The summed E-state index contributed by atoms with van der Waals surface area (Å²) in [5.74, 6) is 0.413. The fourth-order valence-corrected chi connectivity index (χ4v) is 1.76. The van der Waals surface area contributed by atoms with Crippen LogP contribution in [0, 0.1) is 0 Å². The topological polar surface area (TPSA) is 29.4 Å². The van der Waals surface area contributed by atoms with Crippen molar-refractivity contribution in [1.82, 2.24) is 0 Å². The molecule has 0 rings (SSSR count). The molecule has 24 heavy (non-hydrogen) atoms. The number of allylic oxidation sites excluding steroid dienone is 4. The van der Waals surface area contributed by atoms with Crippen LogP contribution in [0.4, 0.5) is 0 Å². The zero-order valence-electron chi connectivity index (χ0n) is 17.7. The highest BCUT2D eigenvalue weighted by molar-refractivity contribution is 5.79. The smallest absolute Gasteiger partial charge is 0.132 e. The average Bonchev–Trinajstić information content (AvgIpc) is 2.63. The Morgan fingerprint density at radius 1 is 0.875 bits per heavy atom. The standard InChI is InChI=1S/C11H19N.C9H18O.C2H6/c1-5-8-11(7-3)9-12-10(4)6-2;1-3-5-6-7-8-9(10)4-2;1-2/h6-7,9H,5,8H2,1-4H3;3-8H2,1-2H3;1-2H3/b10-6+,11-7-,12-9+;;. The van der Waals surface area contributed by atoms with Gasteiger partial charge in [-0.05, 0) is 39.2 Å². The number of rotatable bonds is 10. The lowest BCUT2D eigenvalue weighted by atomic mass is 10.1. The van der Waals surface area contributed by atoms with Crippen LogP contribution in [-0.4, -0.2) is 12.0 Å². The molecular formula is C22H43NO. The summed E-state index contributed by atoms with van der Waals surface area (Å²) >= 11 is 0. The van der Waals surface area contributed by atoms with E-state index in [1.807, 2.05) is 46.9 Å². The molecule has 0 aliphatic carbocycles. The summed E-state index contributed by atoms with van der Waals surface area (Å²) in [4.78, 5) is 15.1. The quantitative estimate of drug-likeness (QED) is 0.297. The van der Waals surface area contributed by atoms with Crippen molar-refractivity contribution in [3.8, 4) is 0 Å². The fourth-order valence-electron chi connectivity index (χ4n) is 1.76. The Bertz CT molecular complexity index is 351. The number of hydrogen-bond acceptors (Lipinski definition) is 2. The SMILES string of the molecule is CC.CCCCCCC(=O)CC.C\C=C(/C=N/C(C)=C/C)CCC. The Hall–Kier alpha value is -1.18. The molecule has 0 saturated carbocycles. The van der Waals surface area contributed by atoms with Crippen molar-refractivity contribution in [2.75, 3.05) is 0 Å². The third kappa shape index (κ3) is 23.1. The van der Waals surface area contributed by atoms with E-state index in [-0.39, 0.29) is 0 Å². The van der Waals surface area contributed by atoms with Crippen molar-refractivity contribution in [2.45, 2.75) is 107 Å². The third-order valence-electron chi connectivity index (χ3n) is 3.46. The molecule has 0 N–H and O–H groups in total. The van der Waals surface area contributed by atoms with Crippen molar-refractivity contribution >= 4 is 12.0 Å². The lowest BCUT2D eigenvalue weighted by Gasteiger charge is -1.96. The van der Waals surface area contributed by atoms with Crippen molar-refractivity contribution < 1.29 is 4.79 Å². The summed E-state index contributed by atoms with van der Waals surface area (Å²) in [6.45, 7) is 16.4. The molecule has 0 bridgehead atoms. The highest BCUT2D eigenvalue weighted by Gasteiger charge is 1.95. The molecule has 2 nitrogen and oxygen atoms in total. The zero-order valence-corrected chi connectivity index (χ0v) is 17.7. The first-order chi connectivity index (χ1) is 11.5. The van der Waals surface area contributed by atoms with E-state index in [2.05, 4.69) is 31.8 Å². The van der Waals surface area contributed by atoms with Crippen LogP contribution in [0.2, 0.25) is 0 Å². The predicted octanol–water partition coefficient (Wildman–Crippen LogP) is 7.69. The third-order valence-corrected chi connectivity index (χ3v) is 3.46. The van der Waals surface area contributed by atoms with E-state index in [0.29, 0.717) is 12.2 Å². The van der Waals surface area contributed by atoms with Crippen LogP contribution in [0.5, 0.6) is 0 Å². The molecule has 0 aromatic rings. The van der Waals surface area contributed by atoms with E-state index >= 15 is 0 Å². The van der Waals surface area contributed by atoms with E-state index in [9.17, 15) is 4.79 Å². The lowest BCUT2D eigenvalue weighted by Crippen LogP contribution is -1.93. The first-order valence-electron chi connectivity index (χ1n) is 9.89. The van der Waals surface area contributed by atoms with Crippen LogP contribution >= 0.6 is 0 Å². The molecule has 0 heterocycles. The normalized spacial score (nSPS) is 11.5. The van der Waals surface area contributed by atoms with Gasteiger partial charge in [0.1, 0.15) is 5.78 Å². The monoisotopic (exact) mass is 337 g/mol. The number of hydrogen-bond donors (Lipinski definition) is 0. The van der Waals surface area contributed by atoms with Crippen LogP contribution in [0.3, 0.4) is 0 Å². The number of Topliss-reactive ketones (excluding diaryl/α,β-unsaturated/α-hetero) is 1. The van der Waals surface area contributed by atoms with Gasteiger partial charge in [-0.3, -0.25) is 9.79 Å². The second kappa shape index (κ2) is 24.1. The number of carbonyl (C=O) groups excluding carboxylic acids is 1. The van der Waals surface area contributed by atoms with Gasteiger partial charge in [0.15, 0.2) is 0 Å². The first-order valence-corrected chi connectivity index (χ1v) is 9.89. The number of ketones is 1. The van der Waals surface area contributed by atoms with Gasteiger partial charge in [-0.25, -0.2) is 0 Å². The molecule has 0 aliphatic heterocycles. The number of nitrogens with zero attached hydrogens (tertiary/aromatic N) is 1. The van der Waals surface area contributed by atoms with Gasteiger partial charge in [0.05, 0.1) is 0 Å². The predicted molar refractivity (Wildman–Crippen MR) is 112 cm³/mol. The maximum atomic E-state index is 10.8. The Morgan fingerprint density at radius 2 is 1.50 bits per heavy atom. The molecule has 0 amide bonds. The maximum Gasteiger partial charge on any atom is 0.132 e. The van der Waals surface area contributed by atoms with Gasteiger partial charge in [0.2, 0.25) is 0 Å². The summed E-state index contributed by atoms with van der Waals surface area (Å²) in [7, 11) is 0. The Kier molecular flexibility index (Phi) is 27.7. The number of aliphatic imine (C=N–C) groups is 1. The van der Waals surface area contributed by atoms with Gasteiger partial charge < -0.3 is 0 Å². The zero-order chi connectivity index (χ0) is 19.2. The minimum absolute atomic E-state index is 0.413. The summed E-state index contributed by atoms with van der Waals surface area (Å²) in [6, 6.07) is 0. The van der Waals surface area contributed by atoms with Crippen molar-refractivity contribution in [3.05, 3.63) is 23.4 Å². The van der Waals surface area contributed by atoms with Crippen LogP contribution in [-0.2, 0) is 4.79 Å². The highest BCUT2D eigenvalue weighted by Crippen LogP contribution is 2.04. The fraction of sp³-hybridized carbons (Fsp3) is 0.727. The van der Waals surface area contributed by atoms with E-state index in [1.54, 1.807) is 0 Å². The number of carbonyl (C=O) groups is 1. The van der Waals surface area contributed by atoms with Gasteiger partial charge in [0.25, 0.3) is 0 Å². The van der Waals surface area contributed by atoms with E-state index in [4.69, 9.17) is 0 Å². The average molecular weight is 338 g/mol. The lowest BCUT2D eigenvalue weighted by molar-refractivity contribution is -0.118. The van der Waals surface area contributed by atoms with Crippen LogP contribution in [0.15, 0.2) is 28.4 Å². The molecular weight excluding hydrogens is 294 g/mol. The van der Waals surface area contributed by atoms with Gasteiger partial charge >= 0.3 is 0 Å². The van der Waals surface area contributed by atoms with Crippen LogP contribution in [0.1, 0.15) is 107 Å². The summed E-state index contributed by atoms with van der Waals surface area (Å²) in [6.07, 6.45) is 14.8. The first kappa shape index (κ1) is 27.7. The maximum absolute atomic E-state index is 10.8. The molecule has 0 aliphatic rings. The molecule has 0 saturated heterocycles. The summed E-state index contributed by atoms with van der Waals surface area (Å²) in [5.41, 5.74) is 2.39. The summed E-state index contributed by atoms with van der Waals surface area (Å²) < 4.78 is 0. The largest absolute Gasteiger partial charge is 0.300 e. The minimum atomic E-state index is 0.413. The second-order valence-electron chi connectivity index (χ2n) is 5.50. The molecule has 2 heteroatoms. The molecule has 0 fully saturated rings. The van der Waals surface area contributed by atoms with Gasteiger partial charge in [-0.15, -0.1) is 0 Å². The molecule has 142 valence electrons. The van der Waals surface area contributed by atoms with E-state index in [1.165, 1.54) is 31.3 Å². The Morgan fingerprint density at radius 3 is 1.92 bits per heavy atom. The van der Waals surface area contributed by atoms with Gasteiger partial charge in [-0.2, -0.15) is 0 Å². The highest BCUT2D eigenvalue weighted by atomic mass is 16.1. The molecule has 0 aromatic carbocycles. The molecule has 0 atom stereocenters. The van der Waals surface area contributed by atoms with Gasteiger partial charge in [0, 0.05) is 24.8 Å². The molecule has 0 spiro atoms. The van der Waals surface area contributed by atoms with Crippen LogP contribution in [0.25, 0.3) is 0 Å². The number of unbranched alkanes of at least 4 members (excludes halogenated alkanes) is 3. The van der Waals surface area contributed by atoms with E-state index in [0.717, 1.165) is 25.0 Å². The van der Waals surface area contributed by atoms with Gasteiger partial charge in [-0.1, -0.05) is 72.5 Å². The van der Waals surface area contributed by atoms with Crippen molar-refractivity contribution in [1.29, 1.82) is 0 Å². The summed E-state index contributed by atoms with van der Waals surface area (Å²) in [5, 5.41) is 0. The van der Waals surface area contributed by atoms with Crippen LogP contribution < -0.4 is 0 Å². The van der Waals surface area contributed by atoms with Crippen molar-refractivity contribution in [2.24, 2.45) is 4.99 Å². The second-order valence-corrected chi connectivity index (χ2v) is 5.50.